The van der Waals surface area contributed by atoms with Crippen LogP contribution in [0.1, 0.15) is 38.9 Å². The molecule has 0 aliphatic carbocycles. The summed E-state index contributed by atoms with van der Waals surface area (Å²) in [4.78, 5) is 0. The number of aliphatic hydroxyl groups is 1. The first-order valence-corrected chi connectivity index (χ1v) is 5.08. The van der Waals surface area contributed by atoms with Crippen LogP contribution in [0.2, 0.25) is 0 Å². The van der Waals surface area contributed by atoms with Crippen molar-refractivity contribution in [2.75, 3.05) is 0 Å². The maximum Gasteiger partial charge on any atom is 0.119 e. The first-order valence-electron chi connectivity index (χ1n) is 5.08. The van der Waals surface area contributed by atoms with Gasteiger partial charge >= 0.3 is 0 Å². The van der Waals surface area contributed by atoms with Crippen molar-refractivity contribution in [3.63, 3.8) is 0 Å². The van der Waals surface area contributed by atoms with Crippen LogP contribution in [0, 0.1) is 0 Å². The fraction of sp³-hybridized carbons (Fsp3) is 0.500. The first-order chi connectivity index (χ1) is 6.63. The summed E-state index contributed by atoms with van der Waals surface area (Å²) in [6.45, 7) is 5.89. The zero-order valence-electron chi connectivity index (χ0n) is 9.03. The van der Waals surface area contributed by atoms with E-state index in [2.05, 4.69) is 6.92 Å². The Bertz CT molecular complexity index is 264. The number of aliphatic hydroxyl groups excluding tert-OH is 1. The van der Waals surface area contributed by atoms with Gasteiger partial charge in [0, 0.05) is 0 Å². The highest BCUT2D eigenvalue weighted by atomic mass is 16.5. The number of ether oxygens (including phenoxy) is 1. The summed E-state index contributed by atoms with van der Waals surface area (Å²) in [5.41, 5.74) is 0.918. The van der Waals surface area contributed by atoms with Gasteiger partial charge in [0.2, 0.25) is 0 Å². The molecule has 78 valence electrons. The first kappa shape index (κ1) is 11.1. The van der Waals surface area contributed by atoms with E-state index in [1.54, 1.807) is 6.92 Å². The van der Waals surface area contributed by atoms with E-state index in [1.165, 1.54) is 0 Å². The van der Waals surface area contributed by atoms with E-state index < -0.39 is 6.10 Å². The van der Waals surface area contributed by atoms with Gasteiger partial charge in [0.1, 0.15) is 5.75 Å². The van der Waals surface area contributed by atoms with E-state index in [1.807, 2.05) is 31.2 Å². The minimum atomic E-state index is -0.410. The molecule has 0 aromatic heterocycles. The lowest BCUT2D eigenvalue weighted by atomic mass is 10.1. The molecule has 0 bridgehead atoms. The van der Waals surface area contributed by atoms with Gasteiger partial charge in [-0.2, -0.15) is 0 Å². The Hall–Kier alpha value is -1.02. The molecule has 2 heteroatoms. The average Bonchev–Trinajstić information content (AvgIpc) is 2.18. The number of hydrogen-bond acceptors (Lipinski definition) is 2. The van der Waals surface area contributed by atoms with Crippen LogP contribution < -0.4 is 4.74 Å². The summed E-state index contributed by atoms with van der Waals surface area (Å²) in [5, 5.41) is 9.30. The van der Waals surface area contributed by atoms with Gasteiger partial charge in [0.05, 0.1) is 12.2 Å². The molecule has 0 fully saturated rings. The van der Waals surface area contributed by atoms with E-state index in [9.17, 15) is 5.11 Å². The highest BCUT2D eigenvalue weighted by Gasteiger charge is 2.03. The van der Waals surface area contributed by atoms with Gasteiger partial charge in [-0.1, -0.05) is 19.1 Å². The maximum atomic E-state index is 9.30. The van der Waals surface area contributed by atoms with Crippen molar-refractivity contribution in [1.29, 1.82) is 0 Å². The van der Waals surface area contributed by atoms with E-state index in [-0.39, 0.29) is 6.10 Å². The fourth-order valence-electron chi connectivity index (χ4n) is 1.14. The lowest BCUT2D eigenvalue weighted by Gasteiger charge is -2.13. The minimum absolute atomic E-state index is 0.243. The van der Waals surface area contributed by atoms with Crippen molar-refractivity contribution in [2.45, 2.75) is 39.4 Å². The van der Waals surface area contributed by atoms with Crippen LogP contribution >= 0.6 is 0 Å². The van der Waals surface area contributed by atoms with Gasteiger partial charge in [0.15, 0.2) is 0 Å². The molecule has 0 aliphatic rings. The molecule has 0 amide bonds. The third-order valence-electron chi connectivity index (χ3n) is 2.27. The molecule has 2 atom stereocenters. The second-order valence-electron chi connectivity index (χ2n) is 3.58. The molecule has 0 aliphatic heterocycles. The van der Waals surface area contributed by atoms with Crippen molar-refractivity contribution >= 4 is 0 Å². The Balaban J connectivity index is 2.64. The van der Waals surface area contributed by atoms with Crippen LogP contribution in [0.5, 0.6) is 5.75 Å². The zero-order chi connectivity index (χ0) is 10.6. The molecule has 0 radical (unpaired) electrons. The molecule has 1 aromatic carbocycles. The minimum Gasteiger partial charge on any atom is -0.491 e. The molecule has 1 N–H and O–H groups in total. The molecule has 14 heavy (non-hydrogen) atoms. The topological polar surface area (TPSA) is 29.5 Å². The Kier molecular flexibility index (Phi) is 3.96. The smallest absolute Gasteiger partial charge is 0.119 e. The molecule has 0 heterocycles. The van der Waals surface area contributed by atoms with Gasteiger partial charge in [-0.15, -0.1) is 0 Å². The van der Waals surface area contributed by atoms with Gasteiger partial charge < -0.3 is 9.84 Å². The van der Waals surface area contributed by atoms with Crippen LogP contribution in [-0.4, -0.2) is 11.2 Å². The molecule has 1 aromatic rings. The molecule has 0 saturated heterocycles. The summed E-state index contributed by atoms with van der Waals surface area (Å²) < 4.78 is 5.62. The lowest BCUT2D eigenvalue weighted by molar-refractivity contribution is 0.198. The third kappa shape index (κ3) is 3.04. The quantitative estimate of drug-likeness (QED) is 0.798. The second-order valence-corrected chi connectivity index (χ2v) is 3.58. The predicted octanol–water partition coefficient (Wildman–Crippen LogP) is 2.92. The van der Waals surface area contributed by atoms with Crippen LogP contribution in [0.3, 0.4) is 0 Å². The summed E-state index contributed by atoms with van der Waals surface area (Å²) in [7, 11) is 0. The largest absolute Gasteiger partial charge is 0.491 e. The second kappa shape index (κ2) is 5.01. The zero-order valence-corrected chi connectivity index (χ0v) is 9.03. The summed E-state index contributed by atoms with van der Waals surface area (Å²) >= 11 is 0. The van der Waals surface area contributed by atoms with Gasteiger partial charge in [-0.05, 0) is 38.0 Å². The third-order valence-corrected chi connectivity index (χ3v) is 2.27. The molecular weight excluding hydrogens is 176 g/mol. The van der Waals surface area contributed by atoms with Crippen molar-refractivity contribution in [3.05, 3.63) is 29.8 Å². The molecule has 2 nitrogen and oxygen atoms in total. The highest BCUT2D eigenvalue weighted by molar-refractivity contribution is 5.28. The van der Waals surface area contributed by atoms with E-state index in [0.29, 0.717) is 0 Å². The Labute approximate surface area is 85.5 Å². The fourth-order valence-corrected chi connectivity index (χ4v) is 1.14. The number of rotatable bonds is 4. The van der Waals surface area contributed by atoms with Gasteiger partial charge in [0.25, 0.3) is 0 Å². The van der Waals surface area contributed by atoms with E-state index in [0.717, 1.165) is 17.7 Å². The molecule has 0 spiro atoms. The van der Waals surface area contributed by atoms with E-state index >= 15 is 0 Å². The van der Waals surface area contributed by atoms with Crippen molar-refractivity contribution < 1.29 is 9.84 Å². The Morgan fingerprint density at radius 2 is 1.79 bits per heavy atom. The summed E-state index contributed by atoms with van der Waals surface area (Å²) in [6, 6.07) is 7.58. The van der Waals surface area contributed by atoms with Crippen LogP contribution in [0.25, 0.3) is 0 Å². The van der Waals surface area contributed by atoms with Crippen LogP contribution in [0.15, 0.2) is 24.3 Å². The number of hydrogen-bond donors (Lipinski definition) is 1. The van der Waals surface area contributed by atoms with Gasteiger partial charge in [-0.3, -0.25) is 0 Å². The van der Waals surface area contributed by atoms with Crippen molar-refractivity contribution in [2.24, 2.45) is 0 Å². The average molecular weight is 194 g/mol. The van der Waals surface area contributed by atoms with Crippen LogP contribution in [-0.2, 0) is 0 Å². The number of benzene rings is 1. The molecule has 1 unspecified atom stereocenters. The van der Waals surface area contributed by atoms with Crippen molar-refractivity contribution in [3.8, 4) is 5.75 Å². The molecule has 0 saturated carbocycles. The SMILES string of the molecule is CCC(C)Oc1ccc([C@H](C)O)cc1. The summed E-state index contributed by atoms with van der Waals surface area (Å²) in [6.07, 6.45) is 0.832. The lowest BCUT2D eigenvalue weighted by Crippen LogP contribution is -2.09. The van der Waals surface area contributed by atoms with Crippen molar-refractivity contribution in [1.82, 2.24) is 0 Å². The molecular formula is C12H18O2. The monoisotopic (exact) mass is 194 g/mol. The normalized spacial score (nSPS) is 14.9. The molecule has 1 rings (SSSR count). The standard InChI is InChI=1S/C12H18O2/c1-4-9(2)14-12-7-5-11(6-8-12)10(3)13/h5-10,13H,4H2,1-3H3/t9?,10-/m0/s1. The van der Waals surface area contributed by atoms with E-state index in [4.69, 9.17) is 4.74 Å². The van der Waals surface area contributed by atoms with Crippen LogP contribution in [0.4, 0.5) is 0 Å². The Morgan fingerprint density at radius 1 is 1.21 bits per heavy atom. The maximum absolute atomic E-state index is 9.30. The van der Waals surface area contributed by atoms with Gasteiger partial charge in [-0.25, -0.2) is 0 Å². The predicted molar refractivity (Wildman–Crippen MR) is 57.5 cm³/mol. The Morgan fingerprint density at radius 3 is 2.21 bits per heavy atom. The summed E-state index contributed by atoms with van der Waals surface area (Å²) in [5.74, 6) is 0.865. The highest BCUT2D eigenvalue weighted by Crippen LogP contribution is 2.18.